The van der Waals surface area contributed by atoms with E-state index in [0.29, 0.717) is 0 Å². The van der Waals surface area contributed by atoms with Gasteiger partial charge in [-0.2, -0.15) is 0 Å². The largest absolute Gasteiger partial charge is 0.311 e. The zero-order chi connectivity index (χ0) is 52.6. The van der Waals surface area contributed by atoms with Crippen LogP contribution in [0.25, 0.3) is 54.7 Å². The molecular weight excluding hydrogens is 908 g/mol. The quantitative estimate of drug-likeness (QED) is 0.164. The second-order valence-electron chi connectivity index (χ2n) is 27.2. The van der Waals surface area contributed by atoms with Crippen LogP contribution in [0.1, 0.15) is 132 Å². The Morgan fingerprint density at radius 2 is 0.800 bits per heavy atom. The van der Waals surface area contributed by atoms with Crippen LogP contribution in [-0.4, -0.2) is 15.7 Å². The number of aromatic nitrogens is 2. The molecule has 0 aliphatic carbocycles. The van der Waals surface area contributed by atoms with E-state index in [9.17, 15) is 0 Å². The van der Waals surface area contributed by atoms with Crippen molar-refractivity contribution >= 4 is 106 Å². The molecule has 3 aromatic heterocycles. The standard InChI is InChI=1S/C70H71BN4/c1-66(2,3)43-25-31-49(32-26-43)73-57-35-29-46(69(10,11)12)40-52(57)71-53-41-47(70(13,14)15)30-36-58(53)75(59-37-42-21-19-20-24-54(42)72(59)48-22-17-16-18-23-48)65-61-51-39-45(68(7,8)9)28-34-56(51)74-55-33-27-44(67(4,5)6)38-50(55)60(63(61)74)64(73)62(65)71/h16-41H,1-15H3. The first-order valence-corrected chi connectivity index (χ1v) is 27.4. The molecule has 2 aliphatic heterocycles. The number of anilines is 6. The van der Waals surface area contributed by atoms with E-state index in [4.69, 9.17) is 0 Å². The van der Waals surface area contributed by atoms with E-state index in [1.165, 1.54) is 122 Å². The Kier molecular flexibility index (Phi) is 9.92. The van der Waals surface area contributed by atoms with Gasteiger partial charge in [-0.25, -0.2) is 0 Å². The molecule has 0 bridgehead atoms. The minimum absolute atomic E-state index is 0.00147. The zero-order valence-electron chi connectivity index (χ0n) is 46.9. The Labute approximate surface area is 445 Å². The third-order valence-corrected chi connectivity index (χ3v) is 17.0. The average Bonchev–Trinajstić information content (AvgIpc) is 4.06. The minimum Gasteiger partial charge on any atom is -0.311 e. The van der Waals surface area contributed by atoms with E-state index in [-0.39, 0.29) is 33.8 Å². The second-order valence-corrected chi connectivity index (χ2v) is 27.2. The molecule has 11 aromatic rings. The van der Waals surface area contributed by atoms with Gasteiger partial charge in [-0.05, 0) is 144 Å². The summed E-state index contributed by atoms with van der Waals surface area (Å²) >= 11 is 0. The number of hydrogen-bond donors (Lipinski definition) is 0. The fraction of sp³-hybridized carbons (Fsp3) is 0.286. The van der Waals surface area contributed by atoms with E-state index in [1.54, 1.807) is 0 Å². The zero-order valence-corrected chi connectivity index (χ0v) is 46.9. The van der Waals surface area contributed by atoms with Crippen LogP contribution in [0.2, 0.25) is 0 Å². The lowest BCUT2D eigenvalue weighted by Crippen LogP contribution is -2.62. The van der Waals surface area contributed by atoms with Crippen LogP contribution < -0.4 is 26.2 Å². The molecule has 0 saturated carbocycles. The summed E-state index contributed by atoms with van der Waals surface area (Å²) in [6, 6.07) is 61.7. The Bertz CT molecular complexity index is 4130. The van der Waals surface area contributed by atoms with Gasteiger partial charge in [0.2, 0.25) is 0 Å². The van der Waals surface area contributed by atoms with E-state index >= 15 is 0 Å². The summed E-state index contributed by atoms with van der Waals surface area (Å²) in [4.78, 5) is 5.39. The molecule has 0 spiro atoms. The number of nitrogens with zero attached hydrogens (tertiary/aromatic N) is 4. The molecule has 374 valence electrons. The van der Waals surface area contributed by atoms with Crippen LogP contribution >= 0.6 is 0 Å². The smallest absolute Gasteiger partial charge is 0.252 e. The van der Waals surface area contributed by atoms with Crippen molar-refractivity contribution in [1.29, 1.82) is 0 Å². The summed E-state index contributed by atoms with van der Waals surface area (Å²) in [6.07, 6.45) is 0. The Hall–Kier alpha value is -7.24. The van der Waals surface area contributed by atoms with Crippen molar-refractivity contribution in [1.82, 2.24) is 8.97 Å². The van der Waals surface area contributed by atoms with Crippen LogP contribution in [0.4, 0.5) is 34.3 Å². The van der Waals surface area contributed by atoms with Crippen LogP contribution in [0, 0.1) is 0 Å². The van der Waals surface area contributed by atoms with Crippen molar-refractivity contribution in [2.24, 2.45) is 0 Å². The first-order valence-electron chi connectivity index (χ1n) is 27.4. The summed E-state index contributed by atoms with van der Waals surface area (Å²) in [5.74, 6) is 1.12. The predicted molar refractivity (Wildman–Crippen MR) is 325 cm³/mol. The minimum atomic E-state index is -0.0970. The summed E-state index contributed by atoms with van der Waals surface area (Å²) in [6.45, 7) is 35.2. The number of benzene rings is 8. The molecule has 13 rings (SSSR count). The SMILES string of the molecule is CC(C)(C)c1ccc(N2c3ccc(C(C)(C)C)cc3B3c4cc(C(C)(C)C)ccc4N(c4cc5ccccc5n4-c4ccccc4)c4c3c2c2c3cc(C(C)(C)C)ccc3n3c5ccc(C(C)(C)C)cc5c4c23)cc1. The highest BCUT2D eigenvalue weighted by atomic mass is 15.3. The lowest BCUT2D eigenvalue weighted by molar-refractivity contribution is 0.590. The van der Waals surface area contributed by atoms with Gasteiger partial charge in [0, 0.05) is 49.7 Å². The molecule has 0 amide bonds. The predicted octanol–water partition coefficient (Wildman–Crippen LogP) is 17.4. The molecule has 0 saturated heterocycles. The molecule has 0 radical (unpaired) electrons. The van der Waals surface area contributed by atoms with Gasteiger partial charge in [-0.15, -0.1) is 0 Å². The van der Waals surface area contributed by atoms with Gasteiger partial charge in [0.1, 0.15) is 5.82 Å². The van der Waals surface area contributed by atoms with Crippen LogP contribution in [0.5, 0.6) is 0 Å². The van der Waals surface area contributed by atoms with E-state index in [0.717, 1.165) is 11.5 Å². The van der Waals surface area contributed by atoms with Crippen molar-refractivity contribution in [2.45, 2.75) is 131 Å². The van der Waals surface area contributed by atoms with Crippen molar-refractivity contribution in [3.8, 4) is 5.69 Å². The van der Waals surface area contributed by atoms with E-state index < -0.39 is 0 Å². The van der Waals surface area contributed by atoms with E-state index in [1.807, 2.05) is 0 Å². The van der Waals surface area contributed by atoms with Crippen molar-refractivity contribution in [3.05, 3.63) is 186 Å². The summed E-state index contributed by atoms with van der Waals surface area (Å²) in [5.41, 5.74) is 22.6. The number of hydrogen-bond acceptors (Lipinski definition) is 2. The maximum atomic E-state index is 2.71. The Morgan fingerprint density at radius 1 is 0.360 bits per heavy atom. The number of para-hydroxylation sites is 2. The Morgan fingerprint density at radius 3 is 1.32 bits per heavy atom. The van der Waals surface area contributed by atoms with Gasteiger partial charge in [0.25, 0.3) is 6.71 Å². The van der Waals surface area contributed by atoms with Crippen molar-refractivity contribution < 1.29 is 0 Å². The molecule has 5 heteroatoms. The lowest BCUT2D eigenvalue weighted by Gasteiger charge is -2.45. The summed E-state index contributed by atoms with van der Waals surface area (Å²) in [5, 5.41) is 6.41. The van der Waals surface area contributed by atoms with Gasteiger partial charge in [0.05, 0.1) is 33.4 Å². The first kappa shape index (κ1) is 47.5. The first-order chi connectivity index (χ1) is 35.4. The van der Waals surface area contributed by atoms with Crippen LogP contribution in [-0.2, 0) is 27.1 Å². The monoisotopic (exact) mass is 979 g/mol. The maximum Gasteiger partial charge on any atom is 0.252 e. The third kappa shape index (κ3) is 7.02. The lowest BCUT2D eigenvalue weighted by atomic mass is 9.33. The highest BCUT2D eigenvalue weighted by Crippen LogP contribution is 2.56. The van der Waals surface area contributed by atoms with Gasteiger partial charge < -0.3 is 9.30 Å². The molecule has 0 fully saturated rings. The molecule has 5 heterocycles. The molecule has 8 aromatic carbocycles. The normalized spacial score (nSPS) is 14.3. The van der Waals surface area contributed by atoms with Crippen LogP contribution in [0.3, 0.4) is 0 Å². The fourth-order valence-corrected chi connectivity index (χ4v) is 12.8. The summed E-state index contributed by atoms with van der Waals surface area (Å²) < 4.78 is 5.16. The molecule has 0 unspecified atom stereocenters. The van der Waals surface area contributed by atoms with Crippen molar-refractivity contribution in [2.75, 3.05) is 9.80 Å². The molecular formula is C70H71BN4. The highest BCUT2D eigenvalue weighted by Gasteiger charge is 2.48. The number of rotatable bonds is 3. The maximum absolute atomic E-state index is 2.71. The van der Waals surface area contributed by atoms with Gasteiger partial charge in [-0.3, -0.25) is 9.47 Å². The van der Waals surface area contributed by atoms with Crippen molar-refractivity contribution in [3.63, 3.8) is 0 Å². The fourth-order valence-electron chi connectivity index (χ4n) is 12.8. The highest BCUT2D eigenvalue weighted by molar-refractivity contribution is 7.01. The van der Waals surface area contributed by atoms with Gasteiger partial charge in [-0.1, -0.05) is 189 Å². The Balaban J connectivity index is 1.32. The molecule has 0 atom stereocenters. The third-order valence-electron chi connectivity index (χ3n) is 17.0. The topological polar surface area (TPSA) is 15.8 Å². The number of fused-ring (bicyclic) bond motifs is 13. The molecule has 0 N–H and O–H groups in total. The molecule has 4 nitrogen and oxygen atoms in total. The molecule has 75 heavy (non-hydrogen) atoms. The van der Waals surface area contributed by atoms with E-state index in [2.05, 4.69) is 280 Å². The van der Waals surface area contributed by atoms with Crippen LogP contribution in [0.15, 0.2) is 158 Å². The second kappa shape index (κ2) is 15.7. The van der Waals surface area contributed by atoms with Gasteiger partial charge >= 0.3 is 0 Å². The summed E-state index contributed by atoms with van der Waals surface area (Å²) in [7, 11) is 0. The van der Waals surface area contributed by atoms with Gasteiger partial charge in [0.15, 0.2) is 0 Å². The molecule has 2 aliphatic rings. The average molecular weight is 979 g/mol.